The van der Waals surface area contributed by atoms with Crippen molar-refractivity contribution in [2.75, 3.05) is 16.8 Å². The monoisotopic (exact) mass is 230 g/mol. The Morgan fingerprint density at radius 2 is 2.24 bits per heavy atom. The number of carbonyl (C=O) groups excluding carboxylic acids is 1. The molecule has 1 aromatic carbocycles. The second-order valence-electron chi connectivity index (χ2n) is 5.35. The third kappa shape index (κ3) is 1.70. The molecule has 0 aliphatic carbocycles. The van der Waals surface area contributed by atoms with Gasteiger partial charge in [0.15, 0.2) is 0 Å². The van der Waals surface area contributed by atoms with Gasteiger partial charge in [-0.3, -0.25) is 4.79 Å². The Bertz CT molecular complexity index is 469. The highest BCUT2D eigenvalue weighted by molar-refractivity contribution is 6.03. The maximum Gasteiger partial charge on any atom is 0.247 e. The van der Waals surface area contributed by atoms with E-state index in [1.54, 1.807) is 0 Å². The van der Waals surface area contributed by atoms with Gasteiger partial charge in [-0.1, -0.05) is 13.0 Å². The van der Waals surface area contributed by atoms with Crippen LogP contribution in [0.4, 0.5) is 11.4 Å². The topological polar surface area (TPSA) is 32.3 Å². The number of piperidine rings is 1. The van der Waals surface area contributed by atoms with Gasteiger partial charge < -0.3 is 10.2 Å². The van der Waals surface area contributed by atoms with Gasteiger partial charge >= 0.3 is 0 Å². The van der Waals surface area contributed by atoms with E-state index in [0.717, 1.165) is 18.7 Å². The van der Waals surface area contributed by atoms with Gasteiger partial charge in [0, 0.05) is 6.54 Å². The highest BCUT2D eigenvalue weighted by atomic mass is 16.2. The molecule has 1 aromatic rings. The van der Waals surface area contributed by atoms with Crippen molar-refractivity contribution in [2.24, 2.45) is 5.92 Å². The molecule has 90 valence electrons. The molecule has 17 heavy (non-hydrogen) atoms. The van der Waals surface area contributed by atoms with Crippen molar-refractivity contribution in [3.8, 4) is 0 Å². The van der Waals surface area contributed by atoms with Crippen molar-refractivity contribution in [1.29, 1.82) is 0 Å². The number of anilines is 2. The van der Waals surface area contributed by atoms with E-state index in [-0.39, 0.29) is 11.9 Å². The normalized spacial score (nSPS) is 27.2. The summed E-state index contributed by atoms with van der Waals surface area (Å²) in [5, 5.41) is 3.04. The second kappa shape index (κ2) is 3.76. The third-order valence-corrected chi connectivity index (χ3v) is 3.89. The van der Waals surface area contributed by atoms with Gasteiger partial charge in [-0.15, -0.1) is 0 Å². The average Bonchev–Trinajstić information content (AvgIpc) is 2.29. The predicted molar refractivity (Wildman–Crippen MR) is 69.3 cm³/mol. The van der Waals surface area contributed by atoms with Crippen LogP contribution in [0.5, 0.6) is 0 Å². The number of rotatable bonds is 0. The Morgan fingerprint density at radius 3 is 3.06 bits per heavy atom. The number of hydrogen-bond donors (Lipinski definition) is 1. The predicted octanol–water partition coefficient (Wildman–Crippen LogP) is 2.55. The second-order valence-corrected chi connectivity index (χ2v) is 5.35. The van der Waals surface area contributed by atoms with Gasteiger partial charge in [0.1, 0.15) is 6.04 Å². The minimum absolute atomic E-state index is 0.0361. The van der Waals surface area contributed by atoms with Crippen molar-refractivity contribution >= 4 is 17.3 Å². The van der Waals surface area contributed by atoms with Crippen molar-refractivity contribution in [1.82, 2.24) is 0 Å². The molecule has 0 bridgehead atoms. The minimum atomic E-state index is 0.0361. The minimum Gasteiger partial charge on any atom is -0.358 e. The zero-order valence-electron chi connectivity index (χ0n) is 10.4. The number of amides is 1. The SMILES string of the molecule is Cc1ccc2c(c1)NC(=O)C1CC(C)CCN21. The first-order chi connectivity index (χ1) is 8.15. The van der Waals surface area contributed by atoms with E-state index in [1.807, 2.05) is 0 Å². The molecule has 1 N–H and O–H groups in total. The number of fused-ring (bicyclic) bond motifs is 3. The lowest BCUT2D eigenvalue weighted by Crippen LogP contribution is -2.52. The maximum atomic E-state index is 12.1. The molecule has 0 aromatic heterocycles. The molecule has 1 amide bonds. The van der Waals surface area contributed by atoms with Crippen LogP contribution in [0.15, 0.2) is 18.2 Å². The lowest BCUT2D eigenvalue weighted by atomic mass is 9.89. The summed E-state index contributed by atoms with van der Waals surface area (Å²) in [5.41, 5.74) is 3.35. The highest BCUT2D eigenvalue weighted by Crippen LogP contribution is 2.37. The molecule has 2 aliphatic heterocycles. The van der Waals surface area contributed by atoms with E-state index in [2.05, 4.69) is 42.3 Å². The summed E-state index contributed by atoms with van der Waals surface area (Å²) in [5.74, 6) is 0.809. The van der Waals surface area contributed by atoms with E-state index in [9.17, 15) is 4.79 Å². The summed E-state index contributed by atoms with van der Waals surface area (Å²) in [6.45, 7) is 5.28. The molecular weight excluding hydrogens is 212 g/mol. The molecule has 2 heterocycles. The first-order valence-electron chi connectivity index (χ1n) is 6.33. The van der Waals surface area contributed by atoms with Crippen LogP contribution >= 0.6 is 0 Å². The van der Waals surface area contributed by atoms with Crippen LogP contribution in [0.2, 0.25) is 0 Å². The van der Waals surface area contributed by atoms with Crippen molar-refractivity contribution < 1.29 is 4.79 Å². The molecule has 0 radical (unpaired) electrons. The van der Waals surface area contributed by atoms with Gasteiger partial charge in [-0.25, -0.2) is 0 Å². The summed E-state index contributed by atoms with van der Waals surface area (Å²) in [4.78, 5) is 14.4. The van der Waals surface area contributed by atoms with Crippen molar-refractivity contribution in [3.05, 3.63) is 23.8 Å². The van der Waals surface area contributed by atoms with Gasteiger partial charge in [-0.2, -0.15) is 0 Å². The summed E-state index contributed by atoms with van der Waals surface area (Å²) < 4.78 is 0. The molecular formula is C14H18N2O. The Morgan fingerprint density at radius 1 is 1.41 bits per heavy atom. The number of nitrogens with one attached hydrogen (secondary N) is 1. The van der Waals surface area contributed by atoms with Crippen molar-refractivity contribution in [3.63, 3.8) is 0 Å². The maximum absolute atomic E-state index is 12.1. The van der Waals surface area contributed by atoms with E-state index >= 15 is 0 Å². The van der Waals surface area contributed by atoms with Gasteiger partial charge in [0.2, 0.25) is 5.91 Å². The smallest absolute Gasteiger partial charge is 0.247 e. The Kier molecular flexibility index (Phi) is 2.35. The van der Waals surface area contributed by atoms with Crippen LogP contribution in [-0.2, 0) is 4.79 Å². The fourth-order valence-corrected chi connectivity index (χ4v) is 2.89. The van der Waals surface area contributed by atoms with Crippen LogP contribution in [0.1, 0.15) is 25.3 Å². The molecule has 0 saturated carbocycles. The van der Waals surface area contributed by atoms with E-state index in [1.165, 1.54) is 17.7 Å². The molecule has 2 unspecified atom stereocenters. The van der Waals surface area contributed by atoms with Crippen LogP contribution in [0.3, 0.4) is 0 Å². The van der Waals surface area contributed by atoms with Gasteiger partial charge in [0.25, 0.3) is 0 Å². The Balaban J connectivity index is 2.02. The molecule has 0 spiro atoms. The molecule has 3 rings (SSSR count). The molecule has 1 fully saturated rings. The van der Waals surface area contributed by atoms with Gasteiger partial charge in [0.05, 0.1) is 11.4 Å². The van der Waals surface area contributed by atoms with E-state index < -0.39 is 0 Å². The summed E-state index contributed by atoms with van der Waals surface area (Å²) >= 11 is 0. The molecule has 3 heteroatoms. The lowest BCUT2D eigenvalue weighted by Gasteiger charge is -2.43. The van der Waals surface area contributed by atoms with Crippen molar-refractivity contribution in [2.45, 2.75) is 32.7 Å². The van der Waals surface area contributed by atoms with Crippen LogP contribution < -0.4 is 10.2 Å². The number of nitrogens with zero attached hydrogens (tertiary/aromatic N) is 1. The van der Waals surface area contributed by atoms with Crippen LogP contribution in [0.25, 0.3) is 0 Å². The number of hydrogen-bond acceptors (Lipinski definition) is 2. The molecule has 2 atom stereocenters. The standard InChI is InChI=1S/C14H18N2O/c1-9-3-4-12-11(7-9)15-14(17)13-8-10(2)5-6-16(12)13/h3-4,7,10,13H,5-6,8H2,1-2H3,(H,15,17). The largest absolute Gasteiger partial charge is 0.358 e. The summed E-state index contributed by atoms with van der Waals surface area (Å²) in [6.07, 6.45) is 2.15. The summed E-state index contributed by atoms with van der Waals surface area (Å²) in [7, 11) is 0. The number of benzene rings is 1. The first-order valence-corrected chi connectivity index (χ1v) is 6.33. The van der Waals surface area contributed by atoms with E-state index in [4.69, 9.17) is 0 Å². The van der Waals surface area contributed by atoms with E-state index in [0.29, 0.717) is 5.92 Å². The number of aryl methyl sites for hydroxylation is 1. The Hall–Kier alpha value is -1.51. The molecule has 3 nitrogen and oxygen atoms in total. The first kappa shape index (κ1) is 10.6. The zero-order valence-corrected chi connectivity index (χ0v) is 10.4. The zero-order chi connectivity index (χ0) is 12.0. The number of carbonyl (C=O) groups is 1. The average molecular weight is 230 g/mol. The quantitative estimate of drug-likeness (QED) is 0.743. The van der Waals surface area contributed by atoms with Gasteiger partial charge in [-0.05, 0) is 43.4 Å². The fraction of sp³-hybridized carbons (Fsp3) is 0.500. The molecule has 1 saturated heterocycles. The fourth-order valence-electron chi connectivity index (χ4n) is 2.89. The summed E-state index contributed by atoms with van der Waals surface area (Å²) in [6, 6.07) is 6.34. The highest BCUT2D eigenvalue weighted by Gasteiger charge is 2.36. The van der Waals surface area contributed by atoms with Crippen LogP contribution in [-0.4, -0.2) is 18.5 Å². The third-order valence-electron chi connectivity index (χ3n) is 3.89. The van der Waals surface area contributed by atoms with Crippen LogP contribution in [0, 0.1) is 12.8 Å². The Labute approximate surface area is 102 Å². The lowest BCUT2D eigenvalue weighted by molar-refractivity contribution is -0.118. The molecule has 2 aliphatic rings.